The highest BCUT2D eigenvalue weighted by Gasteiger charge is 2.32. The minimum atomic E-state index is 0.346. The summed E-state index contributed by atoms with van der Waals surface area (Å²) in [6.07, 6.45) is 3.72. The Labute approximate surface area is 84.3 Å². The summed E-state index contributed by atoms with van der Waals surface area (Å²) >= 11 is 0. The van der Waals surface area contributed by atoms with E-state index in [1.165, 1.54) is 5.69 Å². The Bertz CT molecular complexity index is 304. The van der Waals surface area contributed by atoms with Crippen LogP contribution in [0.5, 0.6) is 0 Å². The predicted octanol–water partition coefficient (Wildman–Crippen LogP) is 0.546. The molecular formula is C10H17N3O. The number of hydrogen-bond acceptors (Lipinski definition) is 3. The molecule has 0 spiro atoms. The van der Waals surface area contributed by atoms with Crippen LogP contribution in [0, 0.1) is 5.41 Å². The highest BCUT2D eigenvalue weighted by atomic mass is 16.5. The van der Waals surface area contributed by atoms with Crippen molar-refractivity contribution in [2.24, 2.45) is 12.5 Å². The molecule has 14 heavy (non-hydrogen) atoms. The summed E-state index contributed by atoms with van der Waals surface area (Å²) in [5, 5.41) is 3.43. The molecule has 2 rings (SSSR count). The number of nitrogens with one attached hydrogen (secondary N) is 1. The number of rotatable bonds is 4. The van der Waals surface area contributed by atoms with Gasteiger partial charge in [0.15, 0.2) is 0 Å². The number of imidazole rings is 1. The molecule has 2 heterocycles. The van der Waals surface area contributed by atoms with Gasteiger partial charge in [0.05, 0.1) is 25.2 Å². The lowest BCUT2D eigenvalue weighted by atomic mass is 9.89. The quantitative estimate of drug-likeness (QED) is 0.762. The van der Waals surface area contributed by atoms with E-state index < -0.39 is 0 Å². The molecule has 0 amide bonds. The van der Waals surface area contributed by atoms with Crippen LogP contribution in [0.25, 0.3) is 0 Å². The molecule has 78 valence electrons. The van der Waals surface area contributed by atoms with Crippen molar-refractivity contribution in [2.45, 2.75) is 13.5 Å². The van der Waals surface area contributed by atoms with Crippen LogP contribution in [-0.4, -0.2) is 29.3 Å². The van der Waals surface area contributed by atoms with E-state index in [0.717, 1.165) is 26.3 Å². The van der Waals surface area contributed by atoms with Crippen molar-refractivity contribution in [2.75, 3.05) is 19.8 Å². The standard InChI is InChI=1S/C10H17N3O/c1-10(6-14-7-10)5-11-3-9-4-12-8-13(9)2/h4,8,11H,3,5-7H2,1-2H3. The minimum absolute atomic E-state index is 0.346. The molecule has 1 aliphatic heterocycles. The normalized spacial score (nSPS) is 19.3. The third kappa shape index (κ3) is 1.96. The highest BCUT2D eigenvalue weighted by molar-refractivity contribution is 4.97. The Morgan fingerprint density at radius 2 is 2.43 bits per heavy atom. The fraction of sp³-hybridized carbons (Fsp3) is 0.700. The second-order valence-electron chi connectivity index (χ2n) is 4.40. The van der Waals surface area contributed by atoms with Crippen molar-refractivity contribution < 1.29 is 4.74 Å². The first-order valence-corrected chi connectivity index (χ1v) is 4.93. The van der Waals surface area contributed by atoms with E-state index in [0.29, 0.717) is 5.41 Å². The van der Waals surface area contributed by atoms with Crippen LogP contribution in [0.3, 0.4) is 0 Å². The second kappa shape index (κ2) is 3.71. The van der Waals surface area contributed by atoms with Gasteiger partial charge in [-0.25, -0.2) is 4.98 Å². The van der Waals surface area contributed by atoms with Gasteiger partial charge >= 0.3 is 0 Å². The van der Waals surface area contributed by atoms with Crippen LogP contribution in [0.4, 0.5) is 0 Å². The topological polar surface area (TPSA) is 39.1 Å². The summed E-state index contributed by atoms with van der Waals surface area (Å²) in [5.41, 5.74) is 1.56. The van der Waals surface area contributed by atoms with Crippen molar-refractivity contribution in [1.82, 2.24) is 14.9 Å². The molecule has 1 N–H and O–H groups in total. The summed E-state index contributed by atoms with van der Waals surface area (Å²) in [6, 6.07) is 0. The molecule has 4 heteroatoms. The molecule has 0 aliphatic carbocycles. The first-order valence-electron chi connectivity index (χ1n) is 4.93. The zero-order chi connectivity index (χ0) is 10.0. The summed E-state index contributed by atoms with van der Waals surface area (Å²) < 4.78 is 7.23. The van der Waals surface area contributed by atoms with Gasteiger partial charge in [-0.2, -0.15) is 0 Å². The van der Waals surface area contributed by atoms with E-state index in [9.17, 15) is 0 Å². The summed E-state index contributed by atoms with van der Waals surface area (Å²) in [4.78, 5) is 4.07. The number of ether oxygens (including phenoxy) is 1. The van der Waals surface area contributed by atoms with E-state index >= 15 is 0 Å². The van der Waals surface area contributed by atoms with E-state index in [4.69, 9.17) is 4.74 Å². The van der Waals surface area contributed by atoms with Gasteiger partial charge in [0.25, 0.3) is 0 Å². The average Bonchev–Trinajstić information content (AvgIpc) is 2.49. The molecule has 1 aliphatic rings. The Hall–Kier alpha value is -0.870. The van der Waals surface area contributed by atoms with Crippen LogP contribution >= 0.6 is 0 Å². The smallest absolute Gasteiger partial charge is 0.0945 e. The molecule has 4 nitrogen and oxygen atoms in total. The first-order chi connectivity index (χ1) is 6.70. The van der Waals surface area contributed by atoms with Gasteiger partial charge in [-0.05, 0) is 0 Å². The fourth-order valence-corrected chi connectivity index (χ4v) is 1.60. The van der Waals surface area contributed by atoms with E-state index in [1.807, 2.05) is 24.1 Å². The molecule has 0 atom stereocenters. The zero-order valence-electron chi connectivity index (χ0n) is 8.79. The van der Waals surface area contributed by atoms with Gasteiger partial charge in [-0.1, -0.05) is 6.92 Å². The molecule has 0 unspecified atom stereocenters. The average molecular weight is 195 g/mol. The van der Waals surface area contributed by atoms with Crippen LogP contribution < -0.4 is 5.32 Å². The van der Waals surface area contributed by atoms with Crippen LogP contribution in [0.1, 0.15) is 12.6 Å². The number of aromatic nitrogens is 2. The Kier molecular flexibility index (Phi) is 2.56. The largest absolute Gasteiger partial charge is 0.380 e. The Morgan fingerprint density at radius 3 is 2.93 bits per heavy atom. The SMILES string of the molecule is Cn1cncc1CNCC1(C)COC1. The third-order valence-electron chi connectivity index (χ3n) is 2.68. The molecule has 0 radical (unpaired) electrons. The number of hydrogen-bond donors (Lipinski definition) is 1. The maximum atomic E-state index is 5.19. The molecule has 1 aromatic heterocycles. The predicted molar refractivity (Wildman–Crippen MR) is 53.8 cm³/mol. The maximum absolute atomic E-state index is 5.19. The molecule has 0 aromatic carbocycles. The first kappa shape index (κ1) is 9.68. The Balaban J connectivity index is 1.75. The summed E-state index contributed by atoms with van der Waals surface area (Å²) in [7, 11) is 2.01. The van der Waals surface area contributed by atoms with Crippen molar-refractivity contribution in [1.29, 1.82) is 0 Å². The van der Waals surface area contributed by atoms with E-state index in [-0.39, 0.29) is 0 Å². The van der Waals surface area contributed by atoms with E-state index in [2.05, 4.69) is 17.2 Å². The number of aryl methyl sites for hydroxylation is 1. The van der Waals surface area contributed by atoms with Crippen molar-refractivity contribution in [3.05, 3.63) is 18.2 Å². The van der Waals surface area contributed by atoms with Gasteiger partial charge in [0.2, 0.25) is 0 Å². The van der Waals surface area contributed by atoms with Crippen LogP contribution in [0.2, 0.25) is 0 Å². The minimum Gasteiger partial charge on any atom is -0.380 e. The van der Waals surface area contributed by atoms with Crippen LogP contribution in [0.15, 0.2) is 12.5 Å². The summed E-state index contributed by atoms with van der Waals surface area (Å²) in [5.74, 6) is 0. The van der Waals surface area contributed by atoms with Gasteiger partial charge in [0.1, 0.15) is 0 Å². The monoisotopic (exact) mass is 195 g/mol. The van der Waals surface area contributed by atoms with Gasteiger partial charge in [-0.15, -0.1) is 0 Å². The second-order valence-corrected chi connectivity index (χ2v) is 4.40. The molecular weight excluding hydrogens is 178 g/mol. The lowest BCUT2D eigenvalue weighted by molar-refractivity contribution is -0.0992. The molecule has 0 saturated carbocycles. The molecule has 0 bridgehead atoms. The van der Waals surface area contributed by atoms with Gasteiger partial charge in [-0.3, -0.25) is 0 Å². The Morgan fingerprint density at radius 1 is 1.64 bits per heavy atom. The molecule has 1 saturated heterocycles. The lowest BCUT2D eigenvalue weighted by Gasteiger charge is -2.38. The number of nitrogens with zero attached hydrogens (tertiary/aromatic N) is 2. The highest BCUT2D eigenvalue weighted by Crippen LogP contribution is 2.25. The van der Waals surface area contributed by atoms with Crippen LogP contribution in [-0.2, 0) is 18.3 Å². The summed E-state index contributed by atoms with van der Waals surface area (Å²) in [6.45, 7) is 5.90. The van der Waals surface area contributed by atoms with Gasteiger partial charge < -0.3 is 14.6 Å². The van der Waals surface area contributed by atoms with E-state index in [1.54, 1.807) is 0 Å². The van der Waals surface area contributed by atoms with Crippen molar-refractivity contribution in [3.8, 4) is 0 Å². The zero-order valence-corrected chi connectivity index (χ0v) is 8.79. The molecule has 1 aromatic rings. The van der Waals surface area contributed by atoms with Crippen molar-refractivity contribution in [3.63, 3.8) is 0 Å². The third-order valence-corrected chi connectivity index (χ3v) is 2.68. The van der Waals surface area contributed by atoms with Crippen molar-refractivity contribution >= 4 is 0 Å². The fourth-order valence-electron chi connectivity index (χ4n) is 1.60. The van der Waals surface area contributed by atoms with Gasteiger partial charge in [0, 0.05) is 31.7 Å². The lowest BCUT2D eigenvalue weighted by Crippen LogP contribution is -2.47. The maximum Gasteiger partial charge on any atom is 0.0945 e. The molecule has 1 fully saturated rings.